The molecule has 0 aromatic heterocycles. The molecular formula is C20H27ClN2O2. The Hall–Kier alpha value is -1.55. The van der Waals surface area contributed by atoms with Gasteiger partial charge in [-0.25, -0.2) is 0 Å². The molecule has 136 valence electrons. The third-order valence-corrected chi connectivity index (χ3v) is 5.62. The van der Waals surface area contributed by atoms with Crippen LogP contribution in [0.15, 0.2) is 24.3 Å². The first-order valence-corrected chi connectivity index (χ1v) is 9.82. The van der Waals surface area contributed by atoms with Gasteiger partial charge in [-0.3, -0.25) is 9.59 Å². The van der Waals surface area contributed by atoms with Crippen LogP contribution in [0.4, 0.5) is 0 Å². The molecular weight excluding hydrogens is 336 g/mol. The summed E-state index contributed by atoms with van der Waals surface area (Å²) in [5.74, 6) is -0.0369. The highest BCUT2D eigenvalue weighted by atomic mass is 35.5. The summed E-state index contributed by atoms with van der Waals surface area (Å²) in [5.41, 5.74) is 1.16. The summed E-state index contributed by atoms with van der Waals surface area (Å²) in [4.78, 5) is 26.6. The van der Waals surface area contributed by atoms with Crippen molar-refractivity contribution in [2.24, 2.45) is 5.92 Å². The molecule has 1 aliphatic carbocycles. The van der Waals surface area contributed by atoms with Crippen LogP contribution in [0.25, 0.3) is 0 Å². The van der Waals surface area contributed by atoms with Crippen LogP contribution < -0.4 is 5.32 Å². The minimum absolute atomic E-state index is 0.0641. The molecule has 1 aromatic rings. The molecule has 1 heterocycles. The molecule has 1 atom stereocenters. The maximum Gasteiger partial charge on any atom is 0.225 e. The van der Waals surface area contributed by atoms with E-state index in [0.717, 1.165) is 29.8 Å². The second-order valence-corrected chi connectivity index (χ2v) is 7.75. The van der Waals surface area contributed by atoms with Crippen LogP contribution in [0, 0.1) is 5.92 Å². The molecule has 1 aliphatic heterocycles. The zero-order valence-electron chi connectivity index (χ0n) is 14.7. The first-order valence-electron chi connectivity index (χ1n) is 9.44. The molecule has 1 saturated heterocycles. The molecule has 4 nitrogen and oxygen atoms in total. The van der Waals surface area contributed by atoms with Gasteiger partial charge in [0.2, 0.25) is 11.8 Å². The SMILES string of the molecule is O=C(NC1CCCCCC1)C1CC(=O)N(CCc2ccc(Cl)cc2)C1. The average molecular weight is 363 g/mol. The van der Waals surface area contributed by atoms with Crippen LogP contribution in [0.3, 0.4) is 0 Å². The van der Waals surface area contributed by atoms with E-state index in [9.17, 15) is 9.59 Å². The summed E-state index contributed by atoms with van der Waals surface area (Å²) >= 11 is 5.90. The van der Waals surface area contributed by atoms with Gasteiger partial charge in [-0.1, -0.05) is 49.4 Å². The number of nitrogens with one attached hydrogen (secondary N) is 1. The van der Waals surface area contributed by atoms with Gasteiger partial charge in [-0.05, 0) is 37.0 Å². The predicted molar refractivity (Wildman–Crippen MR) is 99.5 cm³/mol. The van der Waals surface area contributed by atoms with Crippen molar-refractivity contribution in [2.75, 3.05) is 13.1 Å². The van der Waals surface area contributed by atoms with Crippen LogP contribution >= 0.6 is 11.6 Å². The number of hydrogen-bond acceptors (Lipinski definition) is 2. The van der Waals surface area contributed by atoms with Gasteiger partial charge in [-0.2, -0.15) is 0 Å². The Balaban J connectivity index is 1.47. The lowest BCUT2D eigenvalue weighted by atomic mass is 10.0. The zero-order valence-corrected chi connectivity index (χ0v) is 15.4. The fraction of sp³-hybridized carbons (Fsp3) is 0.600. The first-order chi connectivity index (χ1) is 12.1. The van der Waals surface area contributed by atoms with E-state index in [1.807, 2.05) is 29.2 Å². The number of amides is 2. The highest BCUT2D eigenvalue weighted by Gasteiger charge is 2.34. The van der Waals surface area contributed by atoms with Gasteiger partial charge >= 0.3 is 0 Å². The summed E-state index contributed by atoms with van der Waals surface area (Å²) in [5, 5.41) is 3.91. The van der Waals surface area contributed by atoms with Crippen molar-refractivity contribution >= 4 is 23.4 Å². The van der Waals surface area contributed by atoms with Crippen molar-refractivity contribution in [3.63, 3.8) is 0 Å². The summed E-state index contributed by atoms with van der Waals surface area (Å²) in [6.45, 7) is 1.21. The van der Waals surface area contributed by atoms with Crippen molar-refractivity contribution in [1.82, 2.24) is 10.2 Å². The van der Waals surface area contributed by atoms with Gasteiger partial charge in [-0.15, -0.1) is 0 Å². The normalized spacial score (nSPS) is 22.0. The summed E-state index contributed by atoms with van der Waals surface area (Å²) in [7, 11) is 0. The molecule has 1 saturated carbocycles. The minimum atomic E-state index is -0.194. The average Bonchev–Trinajstić information content (AvgIpc) is 2.80. The lowest BCUT2D eigenvalue weighted by molar-refractivity contribution is -0.129. The lowest BCUT2D eigenvalue weighted by Crippen LogP contribution is -2.39. The molecule has 0 bridgehead atoms. The van der Waals surface area contributed by atoms with Crippen molar-refractivity contribution in [3.05, 3.63) is 34.9 Å². The number of nitrogens with zero attached hydrogens (tertiary/aromatic N) is 1. The van der Waals surface area contributed by atoms with Gasteiger partial charge in [0.25, 0.3) is 0 Å². The monoisotopic (exact) mass is 362 g/mol. The Morgan fingerprint density at radius 1 is 1.12 bits per heavy atom. The Labute approximate surface area is 154 Å². The Morgan fingerprint density at radius 2 is 1.80 bits per heavy atom. The lowest BCUT2D eigenvalue weighted by Gasteiger charge is -2.20. The van der Waals surface area contributed by atoms with E-state index >= 15 is 0 Å². The molecule has 1 N–H and O–H groups in total. The van der Waals surface area contributed by atoms with E-state index in [2.05, 4.69) is 5.32 Å². The molecule has 1 unspecified atom stereocenters. The van der Waals surface area contributed by atoms with Crippen LogP contribution in [0.1, 0.15) is 50.5 Å². The summed E-state index contributed by atoms with van der Waals surface area (Å²) < 4.78 is 0. The topological polar surface area (TPSA) is 49.4 Å². The summed E-state index contributed by atoms with van der Waals surface area (Å²) in [6, 6.07) is 8.00. The van der Waals surface area contributed by atoms with Gasteiger partial charge < -0.3 is 10.2 Å². The Kier molecular flexibility index (Phi) is 6.35. The van der Waals surface area contributed by atoms with E-state index in [4.69, 9.17) is 11.6 Å². The van der Waals surface area contributed by atoms with E-state index in [-0.39, 0.29) is 17.7 Å². The van der Waals surface area contributed by atoms with Crippen LogP contribution in [0.2, 0.25) is 5.02 Å². The third-order valence-electron chi connectivity index (χ3n) is 5.37. The molecule has 2 aliphatic rings. The Bertz CT molecular complexity index is 594. The second kappa shape index (κ2) is 8.70. The van der Waals surface area contributed by atoms with Crippen LogP contribution in [0.5, 0.6) is 0 Å². The van der Waals surface area contributed by atoms with E-state index in [1.54, 1.807) is 0 Å². The van der Waals surface area contributed by atoms with Crippen LogP contribution in [-0.4, -0.2) is 35.8 Å². The Morgan fingerprint density at radius 3 is 2.48 bits per heavy atom. The molecule has 25 heavy (non-hydrogen) atoms. The smallest absolute Gasteiger partial charge is 0.225 e. The van der Waals surface area contributed by atoms with E-state index in [1.165, 1.54) is 25.7 Å². The summed E-state index contributed by atoms with van der Waals surface area (Å²) in [6.07, 6.45) is 8.22. The highest BCUT2D eigenvalue weighted by Crippen LogP contribution is 2.21. The third kappa shape index (κ3) is 5.21. The quantitative estimate of drug-likeness (QED) is 0.814. The highest BCUT2D eigenvalue weighted by molar-refractivity contribution is 6.30. The number of hydrogen-bond donors (Lipinski definition) is 1. The van der Waals surface area contributed by atoms with E-state index < -0.39 is 0 Å². The largest absolute Gasteiger partial charge is 0.353 e. The van der Waals surface area contributed by atoms with Gasteiger partial charge in [0.15, 0.2) is 0 Å². The molecule has 1 aromatic carbocycles. The minimum Gasteiger partial charge on any atom is -0.353 e. The van der Waals surface area contributed by atoms with Crippen molar-refractivity contribution in [3.8, 4) is 0 Å². The number of carbonyl (C=O) groups excluding carboxylic acids is 2. The van der Waals surface area contributed by atoms with Gasteiger partial charge in [0.05, 0.1) is 5.92 Å². The maximum atomic E-state index is 12.5. The van der Waals surface area contributed by atoms with Crippen molar-refractivity contribution in [1.29, 1.82) is 0 Å². The molecule has 3 rings (SSSR count). The standard InChI is InChI=1S/C20H27ClN2O2/c21-17-9-7-15(8-10-17)11-12-23-14-16(13-19(23)24)20(25)22-18-5-3-1-2-4-6-18/h7-10,16,18H,1-6,11-14H2,(H,22,25). The maximum absolute atomic E-state index is 12.5. The number of likely N-dealkylation sites (tertiary alicyclic amines) is 1. The predicted octanol–water partition coefficient (Wildman–Crippen LogP) is 3.57. The molecule has 2 fully saturated rings. The van der Waals surface area contributed by atoms with Crippen molar-refractivity contribution in [2.45, 2.75) is 57.4 Å². The molecule has 0 radical (unpaired) electrons. The number of rotatable bonds is 5. The van der Waals surface area contributed by atoms with Gasteiger partial charge in [0, 0.05) is 30.6 Å². The molecule has 0 spiro atoms. The van der Waals surface area contributed by atoms with Crippen LogP contribution in [-0.2, 0) is 16.0 Å². The zero-order chi connectivity index (χ0) is 17.6. The number of halogens is 1. The number of benzene rings is 1. The molecule has 5 heteroatoms. The fourth-order valence-electron chi connectivity index (χ4n) is 3.82. The van der Waals surface area contributed by atoms with E-state index in [0.29, 0.717) is 25.6 Å². The first kappa shape index (κ1) is 18.2. The fourth-order valence-corrected chi connectivity index (χ4v) is 3.95. The van der Waals surface area contributed by atoms with Crippen molar-refractivity contribution < 1.29 is 9.59 Å². The van der Waals surface area contributed by atoms with Gasteiger partial charge in [0.1, 0.15) is 0 Å². The second-order valence-electron chi connectivity index (χ2n) is 7.31. The number of carbonyl (C=O) groups is 2. The molecule has 2 amide bonds.